The monoisotopic (exact) mass is 329 g/mol. The average Bonchev–Trinajstić information content (AvgIpc) is 2.99. The van der Waals surface area contributed by atoms with Crippen molar-refractivity contribution in [1.82, 2.24) is 14.5 Å². The summed E-state index contributed by atoms with van der Waals surface area (Å²) in [5, 5.41) is 30.0. The fourth-order valence-corrected chi connectivity index (χ4v) is 2.83. The Labute approximate surface area is 130 Å². The third-order valence-electron chi connectivity index (χ3n) is 3.60. The topological polar surface area (TPSA) is 110 Å². The highest BCUT2D eigenvalue weighted by atomic mass is 35.5. The highest BCUT2D eigenvalue weighted by Gasteiger charge is 2.44. The summed E-state index contributed by atoms with van der Waals surface area (Å²) in [7, 11) is 0. The van der Waals surface area contributed by atoms with Gasteiger partial charge in [0.2, 0.25) is 5.88 Å². The second-order valence-corrected chi connectivity index (χ2v) is 5.33. The molecule has 120 valence electrons. The Morgan fingerprint density at radius 1 is 1.36 bits per heavy atom. The van der Waals surface area contributed by atoms with Gasteiger partial charge in [0.1, 0.15) is 24.6 Å². The van der Waals surface area contributed by atoms with Gasteiger partial charge in [0, 0.05) is 6.20 Å². The summed E-state index contributed by atoms with van der Waals surface area (Å²) in [6, 6.07) is 0. The molecule has 8 nitrogen and oxygen atoms in total. The van der Waals surface area contributed by atoms with Gasteiger partial charge in [-0.15, -0.1) is 0 Å². The normalized spacial score (nSPS) is 28.4. The van der Waals surface area contributed by atoms with Crippen molar-refractivity contribution in [3.05, 3.63) is 17.5 Å². The average molecular weight is 330 g/mol. The molecule has 3 N–H and O–H groups in total. The molecule has 1 saturated heterocycles. The third kappa shape index (κ3) is 2.33. The molecule has 0 radical (unpaired) electrons. The molecule has 0 saturated carbocycles. The van der Waals surface area contributed by atoms with Gasteiger partial charge in [-0.2, -0.15) is 0 Å². The molecule has 1 aliphatic heterocycles. The first kappa shape index (κ1) is 15.4. The van der Waals surface area contributed by atoms with Crippen LogP contribution >= 0.6 is 11.6 Å². The second-order valence-electron chi connectivity index (χ2n) is 4.92. The maximum atomic E-state index is 10.1. The number of halogens is 1. The minimum Gasteiger partial charge on any atom is -0.477 e. The molecule has 1 aliphatic rings. The van der Waals surface area contributed by atoms with Crippen LogP contribution in [0.15, 0.2) is 12.5 Å². The van der Waals surface area contributed by atoms with Crippen LogP contribution in [0.3, 0.4) is 0 Å². The quantitative estimate of drug-likeness (QED) is 0.729. The smallest absolute Gasteiger partial charge is 0.227 e. The fraction of sp³-hybridized carbons (Fsp3) is 0.538. The number of aliphatic hydroxyl groups is 3. The number of aromatic nitrogens is 3. The van der Waals surface area contributed by atoms with E-state index in [1.165, 1.54) is 17.1 Å². The summed E-state index contributed by atoms with van der Waals surface area (Å²) in [5.41, 5.74) is 0.415. The van der Waals surface area contributed by atoms with E-state index in [2.05, 4.69) is 9.97 Å². The molecule has 0 aliphatic carbocycles. The number of hydrogen-bond donors (Lipinski definition) is 3. The molecule has 0 aromatic carbocycles. The fourth-order valence-electron chi connectivity index (χ4n) is 2.56. The lowest BCUT2D eigenvalue weighted by molar-refractivity contribution is -0.0508. The molecule has 1 fully saturated rings. The van der Waals surface area contributed by atoms with Crippen LogP contribution in [0.5, 0.6) is 5.88 Å². The molecule has 22 heavy (non-hydrogen) atoms. The minimum atomic E-state index is -1.21. The molecule has 2 aromatic rings. The number of ether oxygens (including phenoxy) is 2. The van der Waals surface area contributed by atoms with Crippen LogP contribution in [-0.2, 0) is 4.74 Å². The van der Waals surface area contributed by atoms with Gasteiger partial charge in [0.15, 0.2) is 11.9 Å². The predicted octanol–water partition coefficient (Wildman–Crippen LogP) is 0.0949. The molecule has 0 bridgehead atoms. The SMILES string of the molecule is CCOc1ncnc2c1c(Cl)cn2[C@@H]1O[C@H](CO)[C@@H](O)[C@H]1O. The van der Waals surface area contributed by atoms with Crippen LogP contribution in [0, 0.1) is 0 Å². The van der Waals surface area contributed by atoms with Crippen LogP contribution in [0.25, 0.3) is 11.0 Å². The van der Waals surface area contributed by atoms with E-state index in [0.717, 1.165) is 0 Å². The van der Waals surface area contributed by atoms with Crippen molar-refractivity contribution in [1.29, 1.82) is 0 Å². The lowest BCUT2D eigenvalue weighted by Crippen LogP contribution is -2.33. The molecule has 4 atom stereocenters. The van der Waals surface area contributed by atoms with E-state index in [0.29, 0.717) is 28.5 Å². The van der Waals surface area contributed by atoms with Crippen molar-refractivity contribution in [3.8, 4) is 5.88 Å². The Hall–Kier alpha value is -1.45. The Kier molecular flexibility index (Phi) is 4.20. The summed E-state index contributed by atoms with van der Waals surface area (Å²) in [4.78, 5) is 8.19. The molecule has 3 heterocycles. The van der Waals surface area contributed by atoms with Gasteiger partial charge < -0.3 is 29.4 Å². The highest BCUT2D eigenvalue weighted by Crippen LogP contribution is 2.37. The lowest BCUT2D eigenvalue weighted by Gasteiger charge is -2.17. The Bertz CT molecular complexity index is 679. The van der Waals surface area contributed by atoms with Crippen molar-refractivity contribution in [2.45, 2.75) is 31.5 Å². The molecular formula is C13H16ClN3O5. The first-order chi connectivity index (χ1) is 10.6. The van der Waals surface area contributed by atoms with Gasteiger partial charge >= 0.3 is 0 Å². The van der Waals surface area contributed by atoms with E-state index < -0.39 is 31.1 Å². The van der Waals surface area contributed by atoms with E-state index in [9.17, 15) is 15.3 Å². The van der Waals surface area contributed by atoms with Gasteiger partial charge in [0.05, 0.1) is 23.6 Å². The van der Waals surface area contributed by atoms with E-state index in [1.807, 2.05) is 6.92 Å². The lowest BCUT2D eigenvalue weighted by atomic mass is 10.1. The first-order valence-corrected chi connectivity index (χ1v) is 7.22. The molecular weight excluding hydrogens is 314 g/mol. The highest BCUT2D eigenvalue weighted by molar-refractivity contribution is 6.35. The summed E-state index contributed by atoms with van der Waals surface area (Å²) in [5.74, 6) is 0.336. The molecule has 2 aromatic heterocycles. The third-order valence-corrected chi connectivity index (χ3v) is 3.89. The number of aliphatic hydroxyl groups excluding tert-OH is 3. The van der Waals surface area contributed by atoms with E-state index in [1.54, 1.807) is 0 Å². The first-order valence-electron chi connectivity index (χ1n) is 6.84. The van der Waals surface area contributed by atoms with Crippen LogP contribution in [0.4, 0.5) is 0 Å². The van der Waals surface area contributed by atoms with Crippen molar-refractivity contribution < 1.29 is 24.8 Å². The summed E-state index contributed by atoms with van der Waals surface area (Å²) in [6.07, 6.45) is -1.34. The minimum absolute atomic E-state index is 0.336. The second kappa shape index (κ2) is 5.98. The van der Waals surface area contributed by atoms with Gasteiger partial charge in [-0.3, -0.25) is 0 Å². The van der Waals surface area contributed by atoms with Crippen molar-refractivity contribution in [2.75, 3.05) is 13.2 Å². The maximum absolute atomic E-state index is 10.1. The van der Waals surface area contributed by atoms with Crippen molar-refractivity contribution in [2.24, 2.45) is 0 Å². The zero-order chi connectivity index (χ0) is 15.9. The van der Waals surface area contributed by atoms with E-state index >= 15 is 0 Å². The summed E-state index contributed by atoms with van der Waals surface area (Å²) >= 11 is 6.22. The number of rotatable bonds is 4. The van der Waals surface area contributed by atoms with Gasteiger partial charge in [-0.25, -0.2) is 9.97 Å². The van der Waals surface area contributed by atoms with E-state index in [4.69, 9.17) is 21.1 Å². The van der Waals surface area contributed by atoms with Crippen LogP contribution in [-0.4, -0.2) is 61.4 Å². The van der Waals surface area contributed by atoms with E-state index in [-0.39, 0.29) is 0 Å². The molecule has 0 unspecified atom stereocenters. The van der Waals surface area contributed by atoms with Crippen LogP contribution < -0.4 is 4.74 Å². The zero-order valence-electron chi connectivity index (χ0n) is 11.8. The van der Waals surface area contributed by atoms with Crippen LogP contribution in [0.2, 0.25) is 5.02 Å². The Morgan fingerprint density at radius 2 is 2.14 bits per heavy atom. The molecule has 9 heteroatoms. The standard InChI is InChI=1S/C13H16ClN3O5/c1-2-21-12-8-6(14)3-17(11(8)15-5-16-12)13-10(20)9(19)7(4-18)22-13/h3,5,7,9-10,13,18-20H,2,4H2,1H3/t7-,9-,10-,13-/m1/s1. The number of nitrogens with zero attached hydrogens (tertiary/aromatic N) is 3. The summed E-state index contributed by atoms with van der Waals surface area (Å²) in [6.45, 7) is 1.84. The summed E-state index contributed by atoms with van der Waals surface area (Å²) < 4.78 is 12.4. The van der Waals surface area contributed by atoms with Crippen molar-refractivity contribution >= 4 is 22.6 Å². The largest absolute Gasteiger partial charge is 0.477 e. The molecule has 3 rings (SSSR count). The predicted molar refractivity (Wildman–Crippen MR) is 76.7 cm³/mol. The molecule has 0 spiro atoms. The van der Waals surface area contributed by atoms with Crippen molar-refractivity contribution in [3.63, 3.8) is 0 Å². The maximum Gasteiger partial charge on any atom is 0.227 e. The Balaban J connectivity index is 2.07. The zero-order valence-corrected chi connectivity index (χ0v) is 12.5. The van der Waals surface area contributed by atoms with Crippen LogP contribution in [0.1, 0.15) is 13.2 Å². The number of fused-ring (bicyclic) bond motifs is 1. The molecule has 0 amide bonds. The number of hydrogen-bond acceptors (Lipinski definition) is 7. The van der Waals surface area contributed by atoms with Gasteiger partial charge in [0.25, 0.3) is 0 Å². The van der Waals surface area contributed by atoms with Gasteiger partial charge in [-0.05, 0) is 6.92 Å². The van der Waals surface area contributed by atoms with Gasteiger partial charge in [-0.1, -0.05) is 11.6 Å². The Morgan fingerprint density at radius 3 is 2.77 bits per heavy atom.